The molecule has 1 unspecified atom stereocenters. The number of para-hydroxylation sites is 1. The summed E-state index contributed by atoms with van der Waals surface area (Å²) in [5.74, 6) is 0. The molecule has 1 heterocycles. The number of hydrogen-bond donors (Lipinski definition) is 0. The van der Waals surface area contributed by atoms with Crippen LogP contribution in [0.5, 0.6) is 0 Å². The highest BCUT2D eigenvalue weighted by Gasteiger charge is 2.57. The van der Waals surface area contributed by atoms with E-state index >= 15 is 0 Å². The van der Waals surface area contributed by atoms with Gasteiger partial charge in [-0.2, -0.15) is 0 Å². The molecule has 51 heavy (non-hydrogen) atoms. The van der Waals surface area contributed by atoms with Gasteiger partial charge in [0.05, 0.1) is 15.8 Å². The maximum Gasteiger partial charge on any atom is 0.0737 e. The summed E-state index contributed by atoms with van der Waals surface area (Å²) in [5, 5.41) is 2.62. The first-order chi connectivity index (χ1) is 25.3. The second-order valence-electron chi connectivity index (χ2n) is 14.0. The molecule has 8 aromatic carbocycles. The fourth-order valence-corrected chi connectivity index (χ4v) is 10.9. The van der Waals surface area contributed by atoms with E-state index in [1.807, 2.05) is 11.3 Å². The van der Waals surface area contributed by atoms with Gasteiger partial charge in [-0.25, -0.2) is 0 Å². The highest BCUT2D eigenvalue weighted by atomic mass is 32.1. The Hall–Kier alpha value is -6.22. The molecule has 0 aliphatic heterocycles. The summed E-state index contributed by atoms with van der Waals surface area (Å²) < 4.78 is 2.62. The molecule has 0 saturated carbocycles. The molecule has 236 valence electrons. The number of thiophene rings is 1. The lowest BCUT2D eigenvalue weighted by atomic mass is 9.73. The van der Waals surface area contributed by atoms with Crippen molar-refractivity contribution in [3.63, 3.8) is 0 Å². The van der Waals surface area contributed by atoms with Crippen LogP contribution in [0.1, 0.15) is 22.3 Å². The molecule has 0 N–H and O–H groups in total. The molecule has 3 aliphatic rings. The molecule has 0 amide bonds. The number of hydrogen-bond acceptors (Lipinski definition) is 2. The number of fused-ring (bicyclic) bond motifs is 8. The Labute approximate surface area is 300 Å². The molecule has 0 saturated heterocycles. The lowest BCUT2D eigenvalue weighted by molar-refractivity contribution is 0.818. The van der Waals surface area contributed by atoms with Gasteiger partial charge >= 0.3 is 0 Å². The first kappa shape index (κ1) is 27.6. The van der Waals surface area contributed by atoms with Gasteiger partial charge in [-0.3, -0.25) is 0 Å². The van der Waals surface area contributed by atoms with Crippen LogP contribution in [0.3, 0.4) is 0 Å². The summed E-state index contributed by atoms with van der Waals surface area (Å²) in [7, 11) is 0. The minimum absolute atomic E-state index is 0.271. The lowest BCUT2D eigenvalue weighted by Gasteiger charge is -2.28. The van der Waals surface area contributed by atoms with E-state index in [0.717, 1.165) is 11.4 Å². The third kappa shape index (κ3) is 3.45. The molecule has 1 aromatic heterocycles. The minimum atomic E-state index is -0.271. The van der Waals surface area contributed by atoms with Crippen LogP contribution in [0.25, 0.3) is 64.7 Å². The summed E-state index contributed by atoms with van der Waals surface area (Å²) in [6.45, 7) is 0. The predicted molar refractivity (Wildman–Crippen MR) is 215 cm³/mol. The van der Waals surface area contributed by atoms with E-state index in [4.69, 9.17) is 0 Å². The SMILES string of the molecule is c1ccc(N(c2ccc(-c3ccc4c(c3)C35c6ccccc6-c6cccc(c63)-c3cccc-4c35)cc2)c2cccc3c2sc2ccccc23)cc1. The van der Waals surface area contributed by atoms with E-state index in [-0.39, 0.29) is 5.41 Å². The van der Waals surface area contributed by atoms with E-state index in [9.17, 15) is 0 Å². The topological polar surface area (TPSA) is 3.24 Å². The average Bonchev–Trinajstić information content (AvgIpc) is 3.91. The van der Waals surface area contributed by atoms with E-state index in [0.29, 0.717) is 0 Å². The quantitative estimate of drug-likeness (QED) is 0.181. The second kappa shape index (κ2) is 9.94. The first-order valence-corrected chi connectivity index (χ1v) is 18.5. The van der Waals surface area contributed by atoms with Crippen molar-refractivity contribution in [2.45, 2.75) is 5.41 Å². The van der Waals surface area contributed by atoms with Crippen LogP contribution < -0.4 is 4.90 Å². The number of nitrogens with zero attached hydrogens (tertiary/aromatic N) is 1. The zero-order valence-corrected chi connectivity index (χ0v) is 28.4. The summed E-state index contributed by atoms with van der Waals surface area (Å²) in [4.78, 5) is 2.41. The fraction of sp³-hybridized carbons (Fsp3) is 0.0204. The molecule has 1 nitrogen and oxygen atoms in total. The Morgan fingerprint density at radius 2 is 0.961 bits per heavy atom. The smallest absolute Gasteiger partial charge is 0.0737 e. The highest BCUT2D eigenvalue weighted by molar-refractivity contribution is 7.26. The van der Waals surface area contributed by atoms with Crippen molar-refractivity contribution in [2.24, 2.45) is 0 Å². The van der Waals surface area contributed by atoms with Crippen LogP contribution in [0.4, 0.5) is 17.1 Å². The van der Waals surface area contributed by atoms with Crippen LogP contribution in [0, 0.1) is 0 Å². The zero-order valence-electron chi connectivity index (χ0n) is 27.6. The van der Waals surface area contributed by atoms with Crippen molar-refractivity contribution < 1.29 is 0 Å². The summed E-state index contributed by atoms with van der Waals surface area (Å²) in [6, 6.07) is 65.5. The van der Waals surface area contributed by atoms with Gasteiger partial charge in [-0.15, -0.1) is 11.3 Å². The molecule has 3 aliphatic carbocycles. The van der Waals surface area contributed by atoms with Crippen LogP contribution in [-0.2, 0) is 5.41 Å². The van der Waals surface area contributed by atoms with Gasteiger partial charge in [0, 0.05) is 26.8 Å². The summed E-state index contributed by atoms with van der Waals surface area (Å²) >= 11 is 1.87. The molecule has 0 bridgehead atoms. The zero-order chi connectivity index (χ0) is 33.3. The van der Waals surface area contributed by atoms with Crippen molar-refractivity contribution in [3.8, 4) is 44.5 Å². The molecule has 1 atom stereocenters. The molecule has 0 fully saturated rings. The van der Waals surface area contributed by atoms with Crippen LogP contribution in [0.2, 0.25) is 0 Å². The molecular formula is C49H29NS. The van der Waals surface area contributed by atoms with Gasteiger partial charge in [-0.1, -0.05) is 133 Å². The van der Waals surface area contributed by atoms with Gasteiger partial charge in [0.25, 0.3) is 0 Å². The van der Waals surface area contributed by atoms with Gasteiger partial charge in [0.15, 0.2) is 0 Å². The average molecular weight is 664 g/mol. The third-order valence-corrected chi connectivity index (χ3v) is 12.8. The molecule has 1 spiro atoms. The fourth-order valence-electron chi connectivity index (χ4n) is 9.65. The Bertz CT molecular complexity index is 2880. The molecule has 2 heteroatoms. The van der Waals surface area contributed by atoms with Crippen molar-refractivity contribution in [3.05, 3.63) is 198 Å². The van der Waals surface area contributed by atoms with Crippen molar-refractivity contribution >= 4 is 48.6 Å². The number of anilines is 3. The van der Waals surface area contributed by atoms with Crippen LogP contribution in [0.15, 0.2) is 176 Å². The Morgan fingerprint density at radius 3 is 1.75 bits per heavy atom. The largest absolute Gasteiger partial charge is 0.309 e. The third-order valence-electron chi connectivity index (χ3n) is 11.6. The Morgan fingerprint density at radius 1 is 0.392 bits per heavy atom. The first-order valence-electron chi connectivity index (χ1n) is 17.7. The van der Waals surface area contributed by atoms with Gasteiger partial charge < -0.3 is 4.90 Å². The van der Waals surface area contributed by atoms with E-state index in [1.165, 1.54) is 92.6 Å². The Kier molecular flexibility index (Phi) is 5.38. The minimum Gasteiger partial charge on any atom is -0.309 e. The van der Waals surface area contributed by atoms with Gasteiger partial charge in [-0.05, 0) is 109 Å². The van der Waals surface area contributed by atoms with Crippen LogP contribution >= 0.6 is 11.3 Å². The molecule has 12 rings (SSSR count). The monoisotopic (exact) mass is 663 g/mol. The maximum atomic E-state index is 2.50. The molecule has 9 aromatic rings. The maximum absolute atomic E-state index is 2.50. The summed E-state index contributed by atoms with van der Waals surface area (Å²) in [5.41, 5.74) is 19.7. The van der Waals surface area contributed by atoms with E-state index in [2.05, 4.69) is 181 Å². The Balaban J connectivity index is 1.02. The van der Waals surface area contributed by atoms with Gasteiger partial charge in [0.2, 0.25) is 0 Å². The highest BCUT2D eigenvalue weighted by Crippen LogP contribution is 2.70. The second-order valence-corrected chi connectivity index (χ2v) is 15.0. The van der Waals surface area contributed by atoms with Crippen molar-refractivity contribution in [2.75, 3.05) is 4.90 Å². The van der Waals surface area contributed by atoms with Gasteiger partial charge in [0.1, 0.15) is 0 Å². The molecular weight excluding hydrogens is 635 g/mol. The standard InChI is InChI=1S/C49H29NS/c1-2-11-32(12-3-1)50(44-21-10-19-41-36-14-5-7-22-45(36)51-48(41)44)33-26-23-30(24-27-33)31-25-28-35-38-16-9-18-40-39-17-8-15-37-34-13-4-6-20-42(34)49(46(37)39,47(38)40)43(35)29-31/h1-29H. The van der Waals surface area contributed by atoms with E-state index < -0.39 is 0 Å². The lowest BCUT2D eigenvalue weighted by Crippen LogP contribution is -2.23. The number of benzene rings is 8. The normalized spacial score (nSPS) is 15.5. The molecule has 0 radical (unpaired) electrons. The van der Waals surface area contributed by atoms with Crippen molar-refractivity contribution in [1.29, 1.82) is 0 Å². The van der Waals surface area contributed by atoms with E-state index in [1.54, 1.807) is 0 Å². The van der Waals surface area contributed by atoms with Crippen molar-refractivity contribution in [1.82, 2.24) is 0 Å². The number of rotatable bonds is 4. The van der Waals surface area contributed by atoms with Crippen LogP contribution in [-0.4, -0.2) is 0 Å². The predicted octanol–water partition coefficient (Wildman–Crippen LogP) is 13.5. The summed E-state index contributed by atoms with van der Waals surface area (Å²) in [6.07, 6.45) is 0.